The molecule has 0 aromatic heterocycles. The largest absolute Gasteiger partial charge is 0.391 e. The smallest absolute Gasteiger partial charge is 0.0758 e. The van der Waals surface area contributed by atoms with E-state index in [2.05, 4.69) is 63.8 Å². The SMILES string of the molecule is CCN(CC)C(C)(C)C(O)Cc1ccc(C)cc1. The Balaban J connectivity index is 2.74. The lowest BCUT2D eigenvalue weighted by Gasteiger charge is -2.41. The fourth-order valence-corrected chi connectivity index (χ4v) is 2.45. The second kappa shape index (κ2) is 6.35. The van der Waals surface area contributed by atoms with E-state index in [9.17, 15) is 5.11 Å². The van der Waals surface area contributed by atoms with Crippen LogP contribution in [0.2, 0.25) is 0 Å². The Labute approximate surface area is 112 Å². The van der Waals surface area contributed by atoms with Gasteiger partial charge in [-0.2, -0.15) is 0 Å². The van der Waals surface area contributed by atoms with Crippen molar-refractivity contribution in [3.63, 3.8) is 0 Å². The number of likely N-dealkylation sites (N-methyl/N-ethyl adjacent to an activating group) is 1. The third-order valence-corrected chi connectivity index (χ3v) is 3.94. The van der Waals surface area contributed by atoms with Gasteiger partial charge in [-0.25, -0.2) is 0 Å². The van der Waals surface area contributed by atoms with E-state index in [-0.39, 0.29) is 11.6 Å². The van der Waals surface area contributed by atoms with Crippen LogP contribution in [0.4, 0.5) is 0 Å². The first-order valence-electron chi connectivity index (χ1n) is 6.90. The summed E-state index contributed by atoms with van der Waals surface area (Å²) in [7, 11) is 0. The number of hydrogen-bond donors (Lipinski definition) is 1. The van der Waals surface area contributed by atoms with Crippen molar-refractivity contribution in [3.8, 4) is 0 Å². The average molecular weight is 249 g/mol. The number of aryl methyl sites for hydroxylation is 1. The van der Waals surface area contributed by atoms with Crippen LogP contribution in [0.1, 0.15) is 38.8 Å². The van der Waals surface area contributed by atoms with Crippen molar-refractivity contribution in [3.05, 3.63) is 35.4 Å². The minimum Gasteiger partial charge on any atom is -0.391 e. The van der Waals surface area contributed by atoms with Crippen LogP contribution in [0, 0.1) is 6.92 Å². The Morgan fingerprint density at radius 1 is 1.11 bits per heavy atom. The monoisotopic (exact) mass is 249 g/mol. The third kappa shape index (κ3) is 3.56. The summed E-state index contributed by atoms with van der Waals surface area (Å²) in [5.74, 6) is 0. The Morgan fingerprint density at radius 2 is 1.61 bits per heavy atom. The quantitative estimate of drug-likeness (QED) is 0.837. The first-order valence-corrected chi connectivity index (χ1v) is 6.90. The molecule has 1 atom stereocenters. The van der Waals surface area contributed by atoms with Crippen LogP contribution >= 0.6 is 0 Å². The fraction of sp³-hybridized carbons (Fsp3) is 0.625. The van der Waals surface area contributed by atoms with Crippen LogP contribution in [0.5, 0.6) is 0 Å². The summed E-state index contributed by atoms with van der Waals surface area (Å²) in [5, 5.41) is 10.5. The predicted octanol–water partition coefficient (Wildman–Crippen LogP) is 3.02. The highest BCUT2D eigenvalue weighted by molar-refractivity contribution is 5.22. The van der Waals surface area contributed by atoms with E-state index >= 15 is 0 Å². The molecule has 0 fully saturated rings. The second-order valence-electron chi connectivity index (χ2n) is 5.53. The van der Waals surface area contributed by atoms with Gasteiger partial charge in [0.1, 0.15) is 0 Å². The van der Waals surface area contributed by atoms with Crippen LogP contribution in [0.3, 0.4) is 0 Å². The number of hydrogen-bond acceptors (Lipinski definition) is 2. The van der Waals surface area contributed by atoms with Crippen molar-refractivity contribution in [1.82, 2.24) is 4.90 Å². The van der Waals surface area contributed by atoms with Gasteiger partial charge in [-0.05, 0) is 39.4 Å². The molecule has 1 unspecified atom stereocenters. The fourth-order valence-electron chi connectivity index (χ4n) is 2.45. The summed E-state index contributed by atoms with van der Waals surface area (Å²) in [5.41, 5.74) is 2.28. The molecule has 1 rings (SSSR count). The lowest BCUT2D eigenvalue weighted by atomic mass is 9.89. The van der Waals surface area contributed by atoms with Crippen molar-refractivity contribution < 1.29 is 5.11 Å². The Hall–Kier alpha value is -0.860. The number of rotatable bonds is 6. The van der Waals surface area contributed by atoms with E-state index < -0.39 is 0 Å². The summed E-state index contributed by atoms with van der Waals surface area (Å²) < 4.78 is 0. The molecule has 18 heavy (non-hydrogen) atoms. The van der Waals surface area contributed by atoms with Crippen LogP contribution in [0.15, 0.2) is 24.3 Å². The molecule has 0 saturated heterocycles. The molecular formula is C16H27NO. The molecule has 2 nitrogen and oxygen atoms in total. The second-order valence-corrected chi connectivity index (χ2v) is 5.53. The summed E-state index contributed by atoms with van der Waals surface area (Å²) in [6, 6.07) is 8.42. The Morgan fingerprint density at radius 3 is 2.06 bits per heavy atom. The maximum absolute atomic E-state index is 10.5. The van der Waals surface area contributed by atoms with Gasteiger partial charge in [-0.3, -0.25) is 4.90 Å². The highest BCUT2D eigenvalue weighted by atomic mass is 16.3. The summed E-state index contributed by atoms with van der Waals surface area (Å²) >= 11 is 0. The average Bonchev–Trinajstić information content (AvgIpc) is 2.33. The van der Waals surface area contributed by atoms with Crippen molar-refractivity contribution in [1.29, 1.82) is 0 Å². The predicted molar refractivity (Wildman–Crippen MR) is 77.9 cm³/mol. The minimum atomic E-state index is -0.347. The van der Waals surface area contributed by atoms with E-state index in [1.807, 2.05) is 0 Å². The first-order chi connectivity index (χ1) is 8.41. The zero-order valence-corrected chi connectivity index (χ0v) is 12.4. The van der Waals surface area contributed by atoms with Gasteiger partial charge in [-0.15, -0.1) is 0 Å². The van der Waals surface area contributed by atoms with E-state index in [0.717, 1.165) is 13.1 Å². The van der Waals surface area contributed by atoms with Crippen molar-refractivity contribution in [2.24, 2.45) is 0 Å². The van der Waals surface area contributed by atoms with Gasteiger partial charge >= 0.3 is 0 Å². The van der Waals surface area contributed by atoms with Crippen molar-refractivity contribution in [2.45, 2.75) is 52.7 Å². The molecule has 0 aliphatic heterocycles. The van der Waals surface area contributed by atoms with Crippen LogP contribution in [0.25, 0.3) is 0 Å². The Bertz CT molecular complexity index is 352. The molecule has 1 aromatic carbocycles. The lowest BCUT2D eigenvalue weighted by molar-refractivity contribution is -0.00415. The zero-order chi connectivity index (χ0) is 13.8. The van der Waals surface area contributed by atoms with Crippen LogP contribution < -0.4 is 0 Å². The van der Waals surface area contributed by atoms with Gasteiger partial charge in [0.2, 0.25) is 0 Å². The molecule has 2 heteroatoms. The van der Waals surface area contributed by atoms with E-state index in [0.29, 0.717) is 6.42 Å². The van der Waals surface area contributed by atoms with E-state index in [1.54, 1.807) is 0 Å². The topological polar surface area (TPSA) is 23.5 Å². The van der Waals surface area contributed by atoms with Crippen LogP contribution in [-0.2, 0) is 6.42 Å². The standard InChI is InChI=1S/C16H27NO/c1-6-17(7-2)16(4,5)15(18)12-14-10-8-13(3)9-11-14/h8-11,15,18H,6-7,12H2,1-5H3. The normalized spacial score (nSPS) is 13.9. The van der Waals surface area contributed by atoms with Crippen molar-refractivity contribution in [2.75, 3.05) is 13.1 Å². The van der Waals surface area contributed by atoms with E-state index in [4.69, 9.17) is 0 Å². The molecule has 0 radical (unpaired) electrons. The number of aliphatic hydroxyl groups is 1. The number of aliphatic hydroxyl groups excluding tert-OH is 1. The van der Waals surface area contributed by atoms with Gasteiger partial charge < -0.3 is 5.11 Å². The molecule has 1 aromatic rings. The molecule has 0 saturated carbocycles. The molecule has 0 amide bonds. The lowest BCUT2D eigenvalue weighted by Crippen LogP contribution is -2.53. The molecule has 0 aliphatic rings. The molecule has 102 valence electrons. The maximum Gasteiger partial charge on any atom is 0.0758 e. The molecule has 0 bridgehead atoms. The van der Waals surface area contributed by atoms with Crippen LogP contribution in [-0.4, -0.2) is 34.7 Å². The van der Waals surface area contributed by atoms with Gasteiger partial charge in [0.15, 0.2) is 0 Å². The Kier molecular flexibility index (Phi) is 5.36. The number of nitrogens with zero attached hydrogens (tertiary/aromatic N) is 1. The van der Waals surface area contributed by atoms with Crippen molar-refractivity contribution >= 4 is 0 Å². The molecule has 0 aliphatic carbocycles. The molecular weight excluding hydrogens is 222 g/mol. The molecule has 0 spiro atoms. The summed E-state index contributed by atoms with van der Waals surface area (Å²) in [6.45, 7) is 12.5. The van der Waals surface area contributed by atoms with Gasteiger partial charge in [0.25, 0.3) is 0 Å². The third-order valence-electron chi connectivity index (χ3n) is 3.94. The summed E-state index contributed by atoms with van der Waals surface area (Å²) in [4.78, 5) is 2.31. The molecule has 0 heterocycles. The highest BCUT2D eigenvalue weighted by Crippen LogP contribution is 2.22. The van der Waals surface area contributed by atoms with Gasteiger partial charge in [0, 0.05) is 12.0 Å². The zero-order valence-electron chi connectivity index (χ0n) is 12.4. The van der Waals surface area contributed by atoms with E-state index in [1.165, 1.54) is 11.1 Å². The first kappa shape index (κ1) is 15.2. The number of benzene rings is 1. The summed E-state index contributed by atoms with van der Waals surface area (Å²) in [6.07, 6.45) is 0.365. The maximum atomic E-state index is 10.5. The molecule has 1 N–H and O–H groups in total. The highest BCUT2D eigenvalue weighted by Gasteiger charge is 2.32. The van der Waals surface area contributed by atoms with Gasteiger partial charge in [0.05, 0.1) is 6.10 Å². The minimum absolute atomic E-state index is 0.186. The van der Waals surface area contributed by atoms with Gasteiger partial charge in [-0.1, -0.05) is 43.7 Å².